The number of H-pyrrole nitrogens is 1. The average molecular weight is 295 g/mol. The van der Waals surface area contributed by atoms with E-state index in [2.05, 4.69) is 15.2 Å². The number of aromatic nitrogens is 1. The first-order chi connectivity index (χ1) is 10.8. The minimum atomic E-state index is 0.0909. The quantitative estimate of drug-likeness (QED) is 0.894. The molecule has 2 bridgehead atoms. The van der Waals surface area contributed by atoms with E-state index in [-0.39, 0.29) is 5.91 Å². The third-order valence-corrected chi connectivity index (χ3v) is 6.08. The summed E-state index contributed by atoms with van der Waals surface area (Å²) in [5, 5.41) is 4.49. The molecule has 4 nitrogen and oxygen atoms in total. The molecular weight excluding hydrogens is 274 g/mol. The van der Waals surface area contributed by atoms with Crippen LogP contribution in [0.4, 0.5) is 0 Å². The number of fused-ring (bicyclic) bond motifs is 3. The van der Waals surface area contributed by atoms with Crippen LogP contribution in [0.2, 0.25) is 0 Å². The maximum atomic E-state index is 12.7. The van der Waals surface area contributed by atoms with Crippen LogP contribution >= 0.6 is 0 Å². The molecule has 3 saturated heterocycles. The average Bonchev–Trinajstić information content (AvgIpc) is 3.18. The number of nitrogens with one attached hydrogen (secondary N) is 2. The van der Waals surface area contributed by atoms with Crippen LogP contribution in [0.1, 0.15) is 36.0 Å². The Hall–Kier alpha value is -1.81. The van der Waals surface area contributed by atoms with Gasteiger partial charge < -0.3 is 10.3 Å². The Labute approximate surface area is 129 Å². The zero-order valence-corrected chi connectivity index (χ0v) is 12.6. The number of benzene rings is 1. The van der Waals surface area contributed by atoms with Gasteiger partial charge in [0, 0.05) is 28.2 Å². The Morgan fingerprint density at radius 2 is 2.05 bits per heavy atom. The zero-order valence-electron chi connectivity index (χ0n) is 12.6. The Bertz CT molecular complexity index is 738. The van der Waals surface area contributed by atoms with Gasteiger partial charge in [0.05, 0.1) is 6.04 Å². The van der Waals surface area contributed by atoms with Crippen LogP contribution < -0.4 is 5.32 Å². The predicted octanol–water partition coefficient (Wildman–Crippen LogP) is 2.52. The first-order valence-corrected chi connectivity index (χ1v) is 8.39. The van der Waals surface area contributed by atoms with Crippen molar-refractivity contribution in [2.45, 2.75) is 37.3 Å². The maximum absolute atomic E-state index is 12.7. The highest BCUT2D eigenvalue weighted by molar-refractivity contribution is 5.98. The van der Waals surface area contributed by atoms with Crippen molar-refractivity contribution in [1.82, 2.24) is 15.2 Å². The molecule has 4 fully saturated rings. The molecule has 3 aliphatic heterocycles. The second-order valence-electron chi connectivity index (χ2n) is 7.16. The van der Waals surface area contributed by atoms with Gasteiger partial charge in [0.2, 0.25) is 0 Å². The fraction of sp³-hybridized carbons (Fsp3) is 0.500. The van der Waals surface area contributed by atoms with Crippen molar-refractivity contribution in [3.63, 3.8) is 0 Å². The van der Waals surface area contributed by atoms with Crippen molar-refractivity contribution in [3.8, 4) is 0 Å². The molecule has 1 saturated carbocycles. The van der Waals surface area contributed by atoms with E-state index < -0.39 is 0 Å². The first-order valence-electron chi connectivity index (χ1n) is 8.39. The number of hydrogen-bond donors (Lipinski definition) is 2. The summed E-state index contributed by atoms with van der Waals surface area (Å²) < 4.78 is 0. The minimum absolute atomic E-state index is 0.0909. The number of rotatable bonds is 2. The van der Waals surface area contributed by atoms with Gasteiger partial charge in [-0.2, -0.15) is 0 Å². The number of piperidine rings is 3. The highest BCUT2D eigenvalue weighted by Crippen LogP contribution is 2.53. The van der Waals surface area contributed by atoms with Crippen LogP contribution in [-0.4, -0.2) is 40.5 Å². The molecule has 0 radical (unpaired) electrons. The lowest BCUT2D eigenvalue weighted by atomic mass is 9.77. The van der Waals surface area contributed by atoms with Gasteiger partial charge in [-0.1, -0.05) is 0 Å². The zero-order chi connectivity index (χ0) is 14.7. The fourth-order valence-electron chi connectivity index (χ4n) is 4.74. The van der Waals surface area contributed by atoms with Crippen molar-refractivity contribution in [2.75, 3.05) is 13.1 Å². The molecule has 1 amide bonds. The normalized spacial score (nSPS) is 31.5. The van der Waals surface area contributed by atoms with Gasteiger partial charge in [-0.05, 0) is 69.0 Å². The molecule has 1 atom stereocenters. The lowest BCUT2D eigenvalue weighted by Gasteiger charge is -2.52. The molecule has 1 aliphatic carbocycles. The van der Waals surface area contributed by atoms with Crippen LogP contribution in [0.5, 0.6) is 0 Å². The van der Waals surface area contributed by atoms with E-state index >= 15 is 0 Å². The highest BCUT2D eigenvalue weighted by Gasteiger charge is 2.60. The molecule has 4 heterocycles. The van der Waals surface area contributed by atoms with Crippen molar-refractivity contribution >= 4 is 16.8 Å². The van der Waals surface area contributed by atoms with Crippen LogP contribution in [0, 0.1) is 5.92 Å². The molecule has 2 aromatic rings. The van der Waals surface area contributed by atoms with Crippen molar-refractivity contribution in [1.29, 1.82) is 0 Å². The van der Waals surface area contributed by atoms with E-state index in [4.69, 9.17) is 0 Å². The number of nitrogens with zero attached hydrogens (tertiary/aromatic N) is 1. The van der Waals surface area contributed by atoms with Crippen molar-refractivity contribution < 1.29 is 4.79 Å². The van der Waals surface area contributed by atoms with Gasteiger partial charge in [0.25, 0.3) is 5.91 Å². The second-order valence-corrected chi connectivity index (χ2v) is 7.16. The van der Waals surface area contributed by atoms with E-state index in [1.54, 1.807) is 0 Å². The standard InChI is InChI=1S/C18H21N3O/c22-17(14-1-2-15-13(11-14)3-8-19-15)20-16-12-4-9-21(10-5-12)18(16)6-7-18/h1-3,8,11-12,16,19H,4-7,9-10H2,(H,20,22)/t16-/m1/s1. The van der Waals surface area contributed by atoms with E-state index in [1.165, 1.54) is 38.8 Å². The highest BCUT2D eigenvalue weighted by atomic mass is 16.1. The Morgan fingerprint density at radius 3 is 2.82 bits per heavy atom. The monoisotopic (exact) mass is 295 g/mol. The number of amides is 1. The molecule has 2 N–H and O–H groups in total. The molecule has 4 heteroatoms. The molecule has 4 aliphatic rings. The number of aromatic amines is 1. The Kier molecular flexibility index (Phi) is 2.51. The number of carbonyl (C=O) groups is 1. The van der Waals surface area contributed by atoms with Crippen molar-refractivity contribution in [3.05, 3.63) is 36.0 Å². The summed E-state index contributed by atoms with van der Waals surface area (Å²) in [6, 6.07) is 8.28. The summed E-state index contributed by atoms with van der Waals surface area (Å²) in [7, 11) is 0. The van der Waals surface area contributed by atoms with E-state index in [0.717, 1.165) is 16.5 Å². The third-order valence-electron chi connectivity index (χ3n) is 6.08. The molecule has 1 aromatic carbocycles. The number of hydrogen-bond acceptors (Lipinski definition) is 2. The summed E-state index contributed by atoms with van der Waals surface area (Å²) in [6.45, 7) is 2.46. The third kappa shape index (κ3) is 1.70. The first kappa shape index (κ1) is 12.7. The van der Waals surface area contributed by atoms with Gasteiger partial charge in [-0.25, -0.2) is 0 Å². The minimum Gasteiger partial charge on any atom is -0.361 e. The van der Waals surface area contributed by atoms with E-state index in [9.17, 15) is 4.79 Å². The lowest BCUT2D eigenvalue weighted by molar-refractivity contribution is -0.00144. The molecule has 6 rings (SSSR count). The van der Waals surface area contributed by atoms with Gasteiger partial charge in [0.1, 0.15) is 0 Å². The van der Waals surface area contributed by atoms with Crippen molar-refractivity contribution in [2.24, 2.45) is 5.92 Å². The predicted molar refractivity (Wildman–Crippen MR) is 85.8 cm³/mol. The van der Waals surface area contributed by atoms with Gasteiger partial charge >= 0.3 is 0 Å². The largest absolute Gasteiger partial charge is 0.361 e. The van der Waals surface area contributed by atoms with Crippen LogP contribution in [0.3, 0.4) is 0 Å². The van der Waals surface area contributed by atoms with Gasteiger partial charge in [-0.15, -0.1) is 0 Å². The summed E-state index contributed by atoms with van der Waals surface area (Å²) >= 11 is 0. The maximum Gasteiger partial charge on any atom is 0.251 e. The SMILES string of the molecule is O=C(N[C@@H]1C2CCN(CC2)C12CC2)c1ccc2[nH]ccc2c1. The second kappa shape index (κ2) is 4.35. The number of carbonyl (C=O) groups excluding carboxylic acids is 1. The summed E-state index contributed by atoms with van der Waals surface area (Å²) in [6.07, 6.45) is 6.91. The Morgan fingerprint density at radius 1 is 1.23 bits per heavy atom. The topological polar surface area (TPSA) is 48.1 Å². The molecule has 22 heavy (non-hydrogen) atoms. The fourth-order valence-corrected chi connectivity index (χ4v) is 4.74. The summed E-state index contributed by atoms with van der Waals surface area (Å²) in [4.78, 5) is 18.5. The summed E-state index contributed by atoms with van der Waals surface area (Å²) in [5.74, 6) is 0.764. The smallest absolute Gasteiger partial charge is 0.251 e. The molecule has 1 aromatic heterocycles. The summed E-state index contributed by atoms with van der Waals surface area (Å²) in [5.41, 5.74) is 2.16. The van der Waals surface area contributed by atoms with Crippen LogP contribution in [0.25, 0.3) is 10.9 Å². The molecule has 114 valence electrons. The molecular formula is C18H21N3O. The van der Waals surface area contributed by atoms with Crippen LogP contribution in [-0.2, 0) is 0 Å². The van der Waals surface area contributed by atoms with Gasteiger partial charge in [0.15, 0.2) is 0 Å². The molecule has 0 unspecified atom stereocenters. The Balaban J connectivity index is 1.42. The van der Waals surface area contributed by atoms with Crippen LogP contribution in [0.15, 0.2) is 30.5 Å². The van der Waals surface area contributed by atoms with E-state index in [1.807, 2.05) is 30.5 Å². The van der Waals surface area contributed by atoms with E-state index in [0.29, 0.717) is 17.5 Å². The lowest BCUT2D eigenvalue weighted by Crippen LogP contribution is -2.65. The molecule has 1 spiro atoms. The van der Waals surface area contributed by atoms with Gasteiger partial charge in [-0.3, -0.25) is 9.69 Å².